The van der Waals surface area contributed by atoms with Crippen LogP contribution in [-0.4, -0.2) is 58.2 Å². The van der Waals surface area contributed by atoms with Gasteiger partial charge in [0.25, 0.3) is 0 Å². The maximum atomic E-state index is 14.1. The van der Waals surface area contributed by atoms with Gasteiger partial charge < -0.3 is 19.5 Å². The van der Waals surface area contributed by atoms with Gasteiger partial charge in [-0.3, -0.25) is 0 Å². The van der Waals surface area contributed by atoms with E-state index in [1.807, 2.05) is 0 Å². The van der Waals surface area contributed by atoms with Gasteiger partial charge in [0.1, 0.15) is 29.8 Å². The molecule has 11 heteroatoms. The van der Waals surface area contributed by atoms with Crippen LogP contribution in [0.25, 0.3) is 10.9 Å². The molecule has 0 amide bonds. The topological polar surface area (TPSA) is 94.9 Å². The Morgan fingerprint density at radius 3 is 2.91 bits per heavy atom. The number of benzene rings is 2. The lowest BCUT2D eigenvalue weighted by Gasteiger charge is -2.21. The standard InChI is InChI=1S/C22H22ClFN4O4S/c1-33(2,29)28-13-8-14(23)20-16(9-13)25-11-26-22(20)27-15-4-3-12(24)7-18(15)32-19-10-31-17-5-6-30-21(17)19/h3-4,7-9,11,17,19,21H,5-6,10H2,1-2H3,(H,25,26,27)/t17-,19-,21+/m1/s1. The zero-order valence-electron chi connectivity index (χ0n) is 18.0. The van der Waals surface area contributed by atoms with E-state index < -0.39 is 15.5 Å². The number of fused-ring (bicyclic) bond motifs is 2. The molecule has 0 unspecified atom stereocenters. The zero-order valence-corrected chi connectivity index (χ0v) is 19.5. The summed E-state index contributed by atoms with van der Waals surface area (Å²) in [4.78, 5) is 8.60. The second kappa shape index (κ2) is 8.68. The monoisotopic (exact) mass is 492 g/mol. The minimum absolute atomic E-state index is 0.00475. The highest BCUT2D eigenvalue weighted by Gasteiger charge is 2.43. The van der Waals surface area contributed by atoms with Crippen molar-refractivity contribution in [3.8, 4) is 5.75 Å². The van der Waals surface area contributed by atoms with E-state index in [-0.39, 0.29) is 18.3 Å². The molecule has 174 valence electrons. The van der Waals surface area contributed by atoms with Gasteiger partial charge in [-0.15, -0.1) is 0 Å². The molecule has 2 fully saturated rings. The van der Waals surface area contributed by atoms with Crippen LogP contribution in [0.15, 0.2) is 41.0 Å². The Kier molecular flexibility index (Phi) is 5.86. The van der Waals surface area contributed by atoms with Crippen LogP contribution in [0.4, 0.5) is 21.6 Å². The number of halogens is 2. The summed E-state index contributed by atoms with van der Waals surface area (Å²) in [5, 5.41) is 4.08. The summed E-state index contributed by atoms with van der Waals surface area (Å²) in [7, 11) is -2.36. The van der Waals surface area contributed by atoms with Gasteiger partial charge >= 0.3 is 0 Å². The molecule has 0 radical (unpaired) electrons. The normalized spacial score (nSPS) is 22.4. The molecule has 2 saturated heterocycles. The summed E-state index contributed by atoms with van der Waals surface area (Å²) >= 11 is 6.53. The molecule has 5 rings (SSSR count). The molecule has 2 aliphatic heterocycles. The molecule has 33 heavy (non-hydrogen) atoms. The Bertz CT molecular complexity index is 1340. The molecule has 1 N–H and O–H groups in total. The Labute approximate surface area is 195 Å². The summed E-state index contributed by atoms with van der Waals surface area (Å²) in [6.45, 7) is 0.992. The summed E-state index contributed by atoms with van der Waals surface area (Å²) in [6.07, 6.45) is 4.78. The molecule has 3 atom stereocenters. The Hall–Kier alpha value is -2.53. The van der Waals surface area contributed by atoms with Crippen molar-refractivity contribution in [3.63, 3.8) is 0 Å². The SMILES string of the molecule is CS(C)(=O)=Nc1cc(Cl)c2c(Nc3ccc(F)cc3O[C@@H]3CO[C@@H]4CCO[C@@H]43)ncnc2c1. The minimum Gasteiger partial charge on any atom is -0.483 e. The van der Waals surface area contributed by atoms with Crippen molar-refractivity contribution in [1.82, 2.24) is 9.97 Å². The summed E-state index contributed by atoms with van der Waals surface area (Å²) in [5.41, 5.74) is 1.50. The van der Waals surface area contributed by atoms with E-state index in [2.05, 4.69) is 19.6 Å². The fourth-order valence-electron chi connectivity index (χ4n) is 4.05. The molecular weight excluding hydrogens is 471 g/mol. The van der Waals surface area contributed by atoms with E-state index in [0.717, 1.165) is 6.42 Å². The molecular formula is C22H22ClFN4O4S. The van der Waals surface area contributed by atoms with Gasteiger partial charge in [-0.1, -0.05) is 11.6 Å². The molecule has 0 saturated carbocycles. The van der Waals surface area contributed by atoms with Crippen LogP contribution in [0, 0.1) is 5.82 Å². The zero-order chi connectivity index (χ0) is 23.2. The van der Waals surface area contributed by atoms with Crippen LogP contribution >= 0.6 is 11.6 Å². The summed E-state index contributed by atoms with van der Waals surface area (Å²) in [6, 6.07) is 7.52. The molecule has 0 aliphatic carbocycles. The van der Waals surface area contributed by atoms with Crippen LogP contribution in [0.5, 0.6) is 5.75 Å². The van der Waals surface area contributed by atoms with Gasteiger partial charge in [-0.25, -0.2) is 18.6 Å². The first-order valence-corrected chi connectivity index (χ1v) is 13.1. The number of ether oxygens (including phenoxy) is 3. The molecule has 3 heterocycles. The first-order chi connectivity index (χ1) is 15.8. The molecule has 0 bridgehead atoms. The number of nitrogens with one attached hydrogen (secondary N) is 1. The quantitative estimate of drug-likeness (QED) is 0.561. The molecule has 3 aromatic rings. The van der Waals surface area contributed by atoms with Crippen molar-refractivity contribution < 1.29 is 22.8 Å². The number of hydrogen-bond acceptors (Lipinski definition) is 8. The van der Waals surface area contributed by atoms with Gasteiger partial charge in [0.15, 0.2) is 6.10 Å². The highest BCUT2D eigenvalue weighted by atomic mass is 35.5. The maximum absolute atomic E-state index is 14.1. The van der Waals surface area contributed by atoms with Gasteiger partial charge in [0.2, 0.25) is 0 Å². The van der Waals surface area contributed by atoms with E-state index in [4.69, 9.17) is 25.8 Å². The lowest BCUT2D eigenvalue weighted by atomic mass is 10.1. The lowest BCUT2D eigenvalue weighted by Crippen LogP contribution is -2.32. The van der Waals surface area contributed by atoms with Gasteiger partial charge in [-0.05, 0) is 30.7 Å². The van der Waals surface area contributed by atoms with Gasteiger partial charge in [0, 0.05) is 34.9 Å². The van der Waals surface area contributed by atoms with Crippen LogP contribution in [0.2, 0.25) is 5.02 Å². The van der Waals surface area contributed by atoms with Crippen molar-refractivity contribution >= 4 is 49.4 Å². The summed E-state index contributed by atoms with van der Waals surface area (Å²) < 4.78 is 47.9. The first kappa shape index (κ1) is 22.3. The third kappa shape index (κ3) is 4.74. The molecule has 0 spiro atoms. The average molecular weight is 493 g/mol. The van der Waals surface area contributed by atoms with Crippen molar-refractivity contribution in [2.75, 3.05) is 31.0 Å². The highest BCUT2D eigenvalue weighted by molar-refractivity contribution is 7.92. The lowest BCUT2D eigenvalue weighted by molar-refractivity contribution is 0.0310. The Balaban J connectivity index is 1.49. The Morgan fingerprint density at radius 2 is 2.09 bits per heavy atom. The number of anilines is 2. The number of aromatic nitrogens is 2. The summed E-state index contributed by atoms with van der Waals surface area (Å²) in [5.74, 6) is 0.295. The minimum atomic E-state index is -2.36. The van der Waals surface area contributed by atoms with Crippen molar-refractivity contribution in [3.05, 3.63) is 47.5 Å². The van der Waals surface area contributed by atoms with E-state index >= 15 is 0 Å². The number of nitrogens with zero attached hydrogens (tertiary/aromatic N) is 3. The molecule has 1 aromatic heterocycles. The van der Waals surface area contributed by atoms with Crippen LogP contribution in [0.3, 0.4) is 0 Å². The van der Waals surface area contributed by atoms with Crippen molar-refractivity contribution in [2.45, 2.75) is 24.7 Å². The first-order valence-electron chi connectivity index (χ1n) is 10.3. The second-order valence-corrected chi connectivity index (χ2v) is 11.2. The third-order valence-electron chi connectivity index (χ3n) is 5.40. The van der Waals surface area contributed by atoms with Gasteiger partial charge in [-0.2, -0.15) is 4.36 Å². The fraction of sp³-hybridized carbons (Fsp3) is 0.364. The van der Waals surface area contributed by atoms with E-state index in [1.165, 1.54) is 18.5 Å². The molecule has 2 aliphatic rings. The second-order valence-electron chi connectivity index (χ2n) is 8.23. The van der Waals surface area contributed by atoms with Crippen molar-refractivity contribution in [1.29, 1.82) is 0 Å². The number of hydrogen-bond donors (Lipinski definition) is 1. The molecule has 2 aromatic carbocycles. The van der Waals surface area contributed by atoms with E-state index in [9.17, 15) is 8.60 Å². The fourth-order valence-corrected chi connectivity index (χ4v) is 4.96. The van der Waals surface area contributed by atoms with Crippen LogP contribution < -0.4 is 10.1 Å². The van der Waals surface area contributed by atoms with Crippen LogP contribution in [-0.2, 0) is 19.2 Å². The third-order valence-corrected chi connectivity index (χ3v) is 6.34. The average Bonchev–Trinajstić information content (AvgIpc) is 3.34. The predicted molar refractivity (Wildman–Crippen MR) is 125 cm³/mol. The molecule has 8 nitrogen and oxygen atoms in total. The van der Waals surface area contributed by atoms with Crippen LogP contribution in [0.1, 0.15) is 6.42 Å². The smallest absolute Gasteiger partial charge is 0.151 e. The largest absolute Gasteiger partial charge is 0.483 e. The van der Waals surface area contributed by atoms with E-state index in [0.29, 0.717) is 52.1 Å². The Morgan fingerprint density at radius 1 is 1.24 bits per heavy atom. The highest BCUT2D eigenvalue weighted by Crippen LogP contribution is 2.37. The van der Waals surface area contributed by atoms with E-state index in [1.54, 1.807) is 30.7 Å². The predicted octanol–water partition coefficient (Wildman–Crippen LogP) is 4.46. The van der Waals surface area contributed by atoms with Gasteiger partial charge in [0.05, 0.1) is 40.0 Å². The number of rotatable bonds is 5. The van der Waals surface area contributed by atoms with Crippen molar-refractivity contribution in [2.24, 2.45) is 4.36 Å². The maximum Gasteiger partial charge on any atom is 0.151 e.